The van der Waals surface area contributed by atoms with Gasteiger partial charge in [-0.2, -0.15) is 0 Å². The van der Waals surface area contributed by atoms with E-state index >= 15 is 0 Å². The molecule has 82 valence electrons. The largest absolute Gasteiger partial charge is 0.314 e. The number of halogens is 1. The van der Waals surface area contributed by atoms with E-state index in [0.717, 1.165) is 43.6 Å². The predicted molar refractivity (Wildman–Crippen MR) is 65.0 cm³/mol. The fraction of sp³-hybridized carbons (Fsp3) is 0.545. The average Bonchev–Trinajstić information content (AvgIpc) is 2.28. The summed E-state index contributed by atoms with van der Waals surface area (Å²) in [6.45, 7) is 5.67. The lowest BCUT2D eigenvalue weighted by Gasteiger charge is -2.26. The Morgan fingerprint density at radius 1 is 1.40 bits per heavy atom. The van der Waals surface area contributed by atoms with E-state index in [4.69, 9.17) is 0 Å². The van der Waals surface area contributed by atoms with Crippen molar-refractivity contribution in [1.29, 1.82) is 0 Å². The number of piperazine rings is 1. The van der Waals surface area contributed by atoms with Crippen LogP contribution < -0.4 is 5.32 Å². The number of hydrogen-bond donors (Lipinski definition) is 1. The van der Waals surface area contributed by atoms with Crippen molar-refractivity contribution in [3.63, 3.8) is 0 Å². The van der Waals surface area contributed by atoms with Gasteiger partial charge in [-0.1, -0.05) is 15.9 Å². The Kier molecular flexibility index (Phi) is 4.11. The molecule has 1 aliphatic heterocycles. The Balaban J connectivity index is 1.81. The van der Waals surface area contributed by atoms with Gasteiger partial charge in [0.2, 0.25) is 0 Å². The van der Waals surface area contributed by atoms with Gasteiger partial charge < -0.3 is 10.2 Å². The molecule has 1 aromatic rings. The molecule has 0 saturated carbocycles. The van der Waals surface area contributed by atoms with Crippen molar-refractivity contribution in [2.24, 2.45) is 0 Å². The highest BCUT2D eigenvalue weighted by Crippen LogP contribution is 2.09. The molecule has 1 aromatic heterocycles. The summed E-state index contributed by atoms with van der Waals surface area (Å²) < 4.78 is 1.12. The number of rotatable bonds is 3. The number of hydrogen-bond acceptors (Lipinski definition) is 3. The van der Waals surface area contributed by atoms with Crippen LogP contribution in [0.1, 0.15) is 5.69 Å². The zero-order valence-corrected chi connectivity index (χ0v) is 10.3. The van der Waals surface area contributed by atoms with E-state index in [-0.39, 0.29) is 0 Å². The minimum Gasteiger partial charge on any atom is -0.314 e. The molecule has 3 nitrogen and oxygen atoms in total. The van der Waals surface area contributed by atoms with Crippen molar-refractivity contribution >= 4 is 15.9 Å². The maximum Gasteiger partial charge on any atom is 0.0427 e. The molecule has 0 bridgehead atoms. The zero-order chi connectivity index (χ0) is 10.5. The van der Waals surface area contributed by atoms with E-state index in [9.17, 15) is 0 Å². The number of aromatic nitrogens is 1. The molecule has 0 radical (unpaired) electrons. The molecule has 0 atom stereocenters. The summed E-state index contributed by atoms with van der Waals surface area (Å²) in [5, 5.41) is 3.36. The third kappa shape index (κ3) is 3.55. The van der Waals surface area contributed by atoms with Crippen molar-refractivity contribution in [2.75, 3.05) is 32.7 Å². The van der Waals surface area contributed by atoms with Crippen LogP contribution in [0.15, 0.2) is 22.8 Å². The van der Waals surface area contributed by atoms with Gasteiger partial charge in [-0.15, -0.1) is 0 Å². The van der Waals surface area contributed by atoms with Gasteiger partial charge in [0.25, 0.3) is 0 Å². The van der Waals surface area contributed by atoms with Crippen molar-refractivity contribution in [3.05, 3.63) is 28.5 Å². The van der Waals surface area contributed by atoms with E-state index in [2.05, 4.69) is 37.2 Å². The molecule has 0 spiro atoms. The minimum atomic E-state index is 1.04. The second-order valence-corrected chi connectivity index (χ2v) is 4.72. The molecule has 0 aliphatic carbocycles. The van der Waals surface area contributed by atoms with Gasteiger partial charge >= 0.3 is 0 Å². The van der Waals surface area contributed by atoms with Gasteiger partial charge in [-0.05, 0) is 12.1 Å². The van der Waals surface area contributed by atoms with E-state index in [0.29, 0.717) is 0 Å². The van der Waals surface area contributed by atoms with Crippen LogP contribution in [0, 0.1) is 0 Å². The average molecular weight is 270 g/mol. The van der Waals surface area contributed by atoms with Gasteiger partial charge in [0.15, 0.2) is 0 Å². The number of pyridine rings is 1. The standard InChI is InChI=1S/C11H16BrN3/c12-10-1-3-14-11(9-10)2-6-15-7-4-13-5-8-15/h1,3,9,13H,2,4-8H2. The Hall–Kier alpha value is -0.450. The fourth-order valence-corrected chi connectivity index (χ4v) is 2.18. The van der Waals surface area contributed by atoms with E-state index < -0.39 is 0 Å². The van der Waals surface area contributed by atoms with Crippen LogP contribution in [0.4, 0.5) is 0 Å². The van der Waals surface area contributed by atoms with Gasteiger partial charge in [0, 0.05) is 55.5 Å². The van der Waals surface area contributed by atoms with Crippen LogP contribution in [-0.2, 0) is 6.42 Å². The quantitative estimate of drug-likeness (QED) is 0.897. The SMILES string of the molecule is Brc1ccnc(CCN2CCNCC2)c1. The van der Waals surface area contributed by atoms with Crippen molar-refractivity contribution < 1.29 is 0 Å². The highest BCUT2D eigenvalue weighted by atomic mass is 79.9. The summed E-state index contributed by atoms with van der Waals surface area (Å²) in [4.78, 5) is 6.84. The summed E-state index contributed by atoms with van der Waals surface area (Å²) in [5.74, 6) is 0. The van der Waals surface area contributed by atoms with Crippen molar-refractivity contribution in [1.82, 2.24) is 15.2 Å². The van der Waals surface area contributed by atoms with Gasteiger partial charge in [0.1, 0.15) is 0 Å². The van der Waals surface area contributed by atoms with Crippen molar-refractivity contribution in [2.45, 2.75) is 6.42 Å². The lowest BCUT2D eigenvalue weighted by molar-refractivity contribution is 0.243. The topological polar surface area (TPSA) is 28.2 Å². The van der Waals surface area contributed by atoms with E-state index in [1.807, 2.05) is 12.3 Å². The molecule has 0 unspecified atom stereocenters. The molecule has 15 heavy (non-hydrogen) atoms. The molecule has 2 rings (SSSR count). The molecule has 1 saturated heterocycles. The smallest absolute Gasteiger partial charge is 0.0427 e. The first-order chi connectivity index (χ1) is 7.34. The van der Waals surface area contributed by atoms with Crippen LogP contribution in [-0.4, -0.2) is 42.6 Å². The zero-order valence-electron chi connectivity index (χ0n) is 8.75. The molecule has 1 fully saturated rings. The Bertz CT molecular complexity index is 310. The molecule has 2 heterocycles. The molecule has 0 aromatic carbocycles. The Morgan fingerprint density at radius 2 is 2.20 bits per heavy atom. The summed E-state index contributed by atoms with van der Waals surface area (Å²) >= 11 is 3.46. The highest BCUT2D eigenvalue weighted by Gasteiger charge is 2.09. The lowest BCUT2D eigenvalue weighted by atomic mass is 10.2. The second-order valence-electron chi connectivity index (χ2n) is 3.81. The molecule has 0 amide bonds. The van der Waals surface area contributed by atoms with Crippen LogP contribution in [0.3, 0.4) is 0 Å². The summed E-state index contributed by atoms with van der Waals surface area (Å²) in [5.41, 5.74) is 1.17. The first-order valence-corrected chi connectivity index (χ1v) is 6.17. The van der Waals surface area contributed by atoms with E-state index in [1.54, 1.807) is 0 Å². The normalized spacial score (nSPS) is 17.9. The first kappa shape index (κ1) is 11.0. The lowest BCUT2D eigenvalue weighted by Crippen LogP contribution is -2.44. The van der Waals surface area contributed by atoms with Crippen LogP contribution in [0.25, 0.3) is 0 Å². The summed E-state index contributed by atoms with van der Waals surface area (Å²) in [6, 6.07) is 4.07. The van der Waals surface area contributed by atoms with Gasteiger partial charge in [-0.3, -0.25) is 4.98 Å². The highest BCUT2D eigenvalue weighted by molar-refractivity contribution is 9.10. The number of nitrogens with zero attached hydrogens (tertiary/aromatic N) is 2. The molecule has 1 N–H and O–H groups in total. The third-order valence-corrected chi connectivity index (χ3v) is 3.17. The molecule has 1 aliphatic rings. The maximum absolute atomic E-state index is 4.35. The minimum absolute atomic E-state index is 1.04. The Morgan fingerprint density at radius 3 is 2.93 bits per heavy atom. The summed E-state index contributed by atoms with van der Waals surface area (Å²) in [7, 11) is 0. The predicted octanol–water partition coefficient (Wildman–Crippen LogP) is 1.29. The third-order valence-electron chi connectivity index (χ3n) is 2.67. The fourth-order valence-electron chi connectivity index (χ4n) is 1.79. The summed E-state index contributed by atoms with van der Waals surface area (Å²) in [6.07, 6.45) is 2.90. The molecular weight excluding hydrogens is 254 g/mol. The Labute approximate surface area is 99.0 Å². The van der Waals surface area contributed by atoms with Crippen molar-refractivity contribution in [3.8, 4) is 0 Å². The number of nitrogens with one attached hydrogen (secondary N) is 1. The molecule has 4 heteroatoms. The van der Waals surface area contributed by atoms with Crippen LogP contribution >= 0.6 is 15.9 Å². The second kappa shape index (κ2) is 5.58. The monoisotopic (exact) mass is 269 g/mol. The molecular formula is C11H16BrN3. The van der Waals surface area contributed by atoms with E-state index in [1.165, 1.54) is 5.69 Å². The van der Waals surface area contributed by atoms with Gasteiger partial charge in [0.05, 0.1) is 0 Å². The first-order valence-electron chi connectivity index (χ1n) is 5.38. The van der Waals surface area contributed by atoms with Gasteiger partial charge in [-0.25, -0.2) is 0 Å². The van der Waals surface area contributed by atoms with Crippen LogP contribution in [0.5, 0.6) is 0 Å². The van der Waals surface area contributed by atoms with Crippen LogP contribution in [0.2, 0.25) is 0 Å². The maximum atomic E-state index is 4.35.